The molecule has 0 heterocycles. The number of anilines is 1. The third kappa shape index (κ3) is 2.78. The molecule has 0 saturated heterocycles. The summed E-state index contributed by atoms with van der Waals surface area (Å²) < 4.78 is 13.8. The zero-order valence-corrected chi connectivity index (χ0v) is 9.14. The van der Waals surface area contributed by atoms with Crippen molar-refractivity contribution in [3.05, 3.63) is 28.5 Å². The second-order valence-corrected chi connectivity index (χ2v) is 3.82. The standard InChI is InChI=1S/C9H10BrFN2O/c1-5(12)9(14)13-8-3-2-6(10)4-7(8)11/h2-5H,12H2,1H3,(H,13,14)/t5-/m1/s1. The van der Waals surface area contributed by atoms with Gasteiger partial charge in [-0.3, -0.25) is 4.79 Å². The number of hydrogen-bond acceptors (Lipinski definition) is 2. The summed E-state index contributed by atoms with van der Waals surface area (Å²) in [6, 6.07) is 3.73. The molecule has 0 spiro atoms. The van der Waals surface area contributed by atoms with Crippen LogP contribution in [0, 0.1) is 5.82 Å². The van der Waals surface area contributed by atoms with E-state index in [2.05, 4.69) is 21.2 Å². The van der Waals surface area contributed by atoms with Crippen LogP contribution in [0.5, 0.6) is 0 Å². The first-order chi connectivity index (χ1) is 6.50. The molecule has 3 N–H and O–H groups in total. The molecule has 1 amide bonds. The molecule has 0 fully saturated rings. The van der Waals surface area contributed by atoms with Gasteiger partial charge in [0.05, 0.1) is 11.7 Å². The van der Waals surface area contributed by atoms with Crippen LogP contribution in [0.25, 0.3) is 0 Å². The molecule has 0 saturated carbocycles. The van der Waals surface area contributed by atoms with Crippen molar-refractivity contribution in [1.82, 2.24) is 0 Å². The number of carbonyl (C=O) groups is 1. The molecular weight excluding hydrogens is 251 g/mol. The highest BCUT2D eigenvalue weighted by Crippen LogP contribution is 2.19. The maximum absolute atomic E-state index is 13.2. The highest BCUT2D eigenvalue weighted by atomic mass is 79.9. The zero-order valence-electron chi connectivity index (χ0n) is 7.55. The van der Waals surface area contributed by atoms with Gasteiger partial charge in [0.15, 0.2) is 0 Å². The molecule has 0 aromatic heterocycles. The summed E-state index contributed by atoms with van der Waals surface area (Å²) >= 11 is 3.11. The van der Waals surface area contributed by atoms with Gasteiger partial charge in [-0.15, -0.1) is 0 Å². The number of nitrogens with two attached hydrogens (primary N) is 1. The van der Waals surface area contributed by atoms with Gasteiger partial charge in [-0.2, -0.15) is 0 Å². The lowest BCUT2D eigenvalue weighted by Crippen LogP contribution is -2.32. The highest BCUT2D eigenvalue weighted by molar-refractivity contribution is 9.10. The predicted octanol–water partition coefficient (Wildman–Crippen LogP) is 1.87. The fourth-order valence-corrected chi connectivity index (χ4v) is 1.17. The average Bonchev–Trinajstić information content (AvgIpc) is 2.09. The molecule has 1 aromatic carbocycles. The van der Waals surface area contributed by atoms with Crippen molar-refractivity contribution in [1.29, 1.82) is 0 Å². The van der Waals surface area contributed by atoms with Gasteiger partial charge < -0.3 is 11.1 Å². The van der Waals surface area contributed by atoms with Crippen LogP contribution in [0.3, 0.4) is 0 Å². The second-order valence-electron chi connectivity index (χ2n) is 2.90. The summed E-state index contributed by atoms with van der Waals surface area (Å²) in [6.07, 6.45) is 0. The molecule has 0 aliphatic heterocycles. The number of rotatable bonds is 2. The van der Waals surface area contributed by atoms with Crippen LogP contribution in [-0.4, -0.2) is 11.9 Å². The summed E-state index contributed by atoms with van der Waals surface area (Å²) in [6.45, 7) is 1.53. The summed E-state index contributed by atoms with van der Waals surface area (Å²) in [4.78, 5) is 11.1. The Bertz CT molecular complexity index is 355. The lowest BCUT2D eigenvalue weighted by molar-refractivity contribution is -0.117. The molecule has 0 aliphatic rings. The summed E-state index contributed by atoms with van der Waals surface area (Å²) in [5.74, 6) is -0.903. The minimum absolute atomic E-state index is 0.135. The Morgan fingerprint density at radius 3 is 2.79 bits per heavy atom. The Balaban J connectivity index is 2.82. The van der Waals surface area contributed by atoms with Crippen LogP contribution in [0.2, 0.25) is 0 Å². The van der Waals surface area contributed by atoms with E-state index in [1.165, 1.54) is 19.1 Å². The highest BCUT2D eigenvalue weighted by Gasteiger charge is 2.10. The van der Waals surface area contributed by atoms with Gasteiger partial charge >= 0.3 is 0 Å². The van der Waals surface area contributed by atoms with E-state index in [-0.39, 0.29) is 5.69 Å². The maximum Gasteiger partial charge on any atom is 0.241 e. The minimum Gasteiger partial charge on any atom is -0.322 e. The molecule has 1 atom stereocenters. The molecule has 76 valence electrons. The van der Waals surface area contributed by atoms with Gasteiger partial charge in [-0.05, 0) is 25.1 Å². The molecule has 0 bridgehead atoms. The van der Waals surface area contributed by atoms with Gasteiger partial charge in [0.25, 0.3) is 0 Å². The number of hydrogen-bond donors (Lipinski definition) is 2. The normalized spacial score (nSPS) is 12.3. The first kappa shape index (κ1) is 11.1. The third-order valence-electron chi connectivity index (χ3n) is 1.60. The Morgan fingerprint density at radius 2 is 2.29 bits per heavy atom. The van der Waals surface area contributed by atoms with E-state index in [4.69, 9.17) is 5.73 Å². The lowest BCUT2D eigenvalue weighted by atomic mass is 10.2. The van der Waals surface area contributed by atoms with Gasteiger partial charge in [0, 0.05) is 4.47 Å². The van der Waals surface area contributed by atoms with Gasteiger partial charge in [-0.25, -0.2) is 4.39 Å². The van der Waals surface area contributed by atoms with Gasteiger partial charge in [0.1, 0.15) is 5.82 Å². The van der Waals surface area contributed by atoms with Crippen LogP contribution in [0.15, 0.2) is 22.7 Å². The van der Waals surface area contributed by atoms with E-state index in [0.29, 0.717) is 4.47 Å². The van der Waals surface area contributed by atoms with Crippen LogP contribution < -0.4 is 11.1 Å². The number of nitrogens with one attached hydrogen (secondary N) is 1. The summed E-state index contributed by atoms with van der Waals surface area (Å²) in [5.41, 5.74) is 5.45. The number of amides is 1. The first-order valence-corrected chi connectivity index (χ1v) is 4.81. The van der Waals surface area contributed by atoms with E-state index in [9.17, 15) is 9.18 Å². The van der Waals surface area contributed by atoms with E-state index in [0.717, 1.165) is 0 Å². The van der Waals surface area contributed by atoms with Crippen molar-refractivity contribution in [2.75, 3.05) is 5.32 Å². The summed E-state index contributed by atoms with van der Waals surface area (Å²) in [5, 5.41) is 2.38. The van der Waals surface area contributed by atoms with Crippen molar-refractivity contribution in [3.8, 4) is 0 Å². The van der Waals surface area contributed by atoms with E-state index in [1.54, 1.807) is 6.07 Å². The molecular formula is C9H10BrFN2O. The Morgan fingerprint density at radius 1 is 1.64 bits per heavy atom. The lowest BCUT2D eigenvalue weighted by Gasteiger charge is -2.08. The first-order valence-electron chi connectivity index (χ1n) is 4.02. The Hall–Kier alpha value is -0.940. The SMILES string of the molecule is C[C@@H](N)C(=O)Nc1ccc(Br)cc1F. The monoisotopic (exact) mass is 260 g/mol. The Labute approximate surface area is 89.6 Å². The molecule has 14 heavy (non-hydrogen) atoms. The van der Waals surface area contributed by atoms with Crippen molar-refractivity contribution < 1.29 is 9.18 Å². The Kier molecular flexibility index (Phi) is 3.60. The molecule has 3 nitrogen and oxygen atoms in total. The van der Waals surface area contributed by atoms with Crippen molar-refractivity contribution in [2.45, 2.75) is 13.0 Å². The topological polar surface area (TPSA) is 55.1 Å². The van der Waals surface area contributed by atoms with E-state index >= 15 is 0 Å². The van der Waals surface area contributed by atoms with Gasteiger partial charge in [0.2, 0.25) is 5.91 Å². The number of benzene rings is 1. The largest absolute Gasteiger partial charge is 0.322 e. The molecule has 5 heteroatoms. The molecule has 0 aliphatic carbocycles. The maximum atomic E-state index is 13.2. The molecule has 1 aromatic rings. The quantitative estimate of drug-likeness (QED) is 0.853. The van der Waals surface area contributed by atoms with Gasteiger partial charge in [-0.1, -0.05) is 15.9 Å². The number of halogens is 2. The average molecular weight is 261 g/mol. The smallest absolute Gasteiger partial charge is 0.241 e. The fourth-order valence-electron chi connectivity index (χ4n) is 0.837. The minimum atomic E-state index is -0.655. The van der Waals surface area contributed by atoms with Crippen LogP contribution in [0.1, 0.15) is 6.92 Å². The van der Waals surface area contributed by atoms with Crippen molar-refractivity contribution >= 4 is 27.5 Å². The third-order valence-corrected chi connectivity index (χ3v) is 2.10. The summed E-state index contributed by atoms with van der Waals surface area (Å²) in [7, 11) is 0. The molecule has 0 radical (unpaired) electrons. The fraction of sp³-hybridized carbons (Fsp3) is 0.222. The van der Waals surface area contributed by atoms with E-state index in [1.807, 2.05) is 0 Å². The molecule has 1 rings (SSSR count). The van der Waals surface area contributed by atoms with Crippen molar-refractivity contribution in [3.63, 3.8) is 0 Å². The van der Waals surface area contributed by atoms with Crippen molar-refractivity contribution in [2.24, 2.45) is 5.73 Å². The van der Waals surface area contributed by atoms with E-state index < -0.39 is 17.8 Å². The molecule has 0 unspecified atom stereocenters. The predicted molar refractivity (Wildman–Crippen MR) is 56.4 cm³/mol. The number of carbonyl (C=O) groups excluding carboxylic acids is 1. The zero-order chi connectivity index (χ0) is 10.7. The van der Waals surface area contributed by atoms with Crippen LogP contribution >= 0.6 is 15.9 Å². The second kappa shape index (κ2) is 4.52. The van der Waals surface area contributed by atoms with Crippen LogP contribution in [0.4, 0.5) is 10.1 Å². The van der Waals surface area contributed by atoms with Crippen LogP contribution in [-0.2, 0) is 4.79 Å².